The minimum absolute atomic E-state index is 0.0000893. The van der Waals surface area contributed by atoms with Crippen LogP contribution in [-0.2, 0) is 9.53 Å². The molecule has 0 radical (unpaired) electrons. The molecular weight excluding hydrogens is 272 g/mol. The first-order chi connectivity index (χ1) is 9.39. The van der Waals surface area contributed by atoms with E-state index in [4.69, 9.17) is 10.5 Å². The molecule has 5 heteroatoms. The Morgan fingerprint density at radius 3 is 3.00 bits per heavy atom. The fraction of sp³-hybridized carbons (Fsp3) is 0.667. The SMILES string of the molecule is CC(NC(=O)C1(N)C2CCOC2C1(C)C)c1cccs1. The van der Waals surface area contributed by atoms with Crippen LogP contribution in [0.1, 0.15) is 38.1 Å². The number of ether oxygens (including phenoxy) is 1. The Hall–Kier alpha value is -0.910. The molecule has 0 bridgehead atoms. The number of fused-ring (bicyclic) bond motifs is 1. The number of thiophene rings is 1. The van der Waals surface area contributed by atoms with Crippen molar-refractivity contribution >= 4 is 17.2 Å². The van der Waals surface area contributed by atoms with Crippen molar-refractivity contribution in [1.82, 2.24) is 5.32 Å². The maximum Gasteiger partial charge on any atom is 0.241 e. The largest absolute Gasteiger partial charge is 0.377 e. The first kappa shape index (κ1) is 14.0. The number of nitrogens with two attached hydrogens (primary N) is 1. The lowest BCUT2D eigenvalue weighted by molar-refractivity contribution is -0.175. The molecule has 20 heavy (non-hydrogen) atoms. The molecule has 1 saturated heterocycles. The highest BCUT2D eigenvalue weighted by Crippen LogP contribution is 2.58. The van der Waals surface area contributed by atoms with Gasteiger partial charge in [-0.3, -0.25) is 4.79 Å². The van der Waals surface area contributed by atoms with Crippen molar-refractivity contribution in [2.24, 2.45) is 17.1 Å². The molecule has 4 unspecified atom stereocenters. The van der Waals surface area contributed by atoms with Crippen molar-refractivity contribution in [3.63, 3.8) is 0 Å². The van der Waals surface area contributed by atoms with Gasteiger partial charge < -0.3 is 15.8 Å². The molecule has 1 amide bonds. The molecule has 2 fully saturated rings. The number of carbonyl (C=O) groups is 1. The Bertz CT molecular complexity index is 514. The zero-order chi connectivity index (χ0) is 14.5. The van der Waals surface area contributed by atoms with Crippen molar-refractivity contribution in [3.05, 3.63) is 22.4 Å². The Balaban J connectivity index is 1.77. The molecule has 1 saturated carbocycles. The van der Waals surface area contributed by atoms with E-state index in [0.717, 1.165) is 11.3 Å². The summed E-state index contributed by atoms with van der Waals surface area (Å²) in [5.74, 6) is 0.100. The third-order valence-electron chi connectivity index (χ3n) is 5.15. The molecule has 1 aliphatic carbocycles. The van der Waals surface area contributed by atoms with E-state index in [2.05, 4.69) is 5.32 Å². The molecule has 1 aromatic heterocycles. The third kappa shape index (κ3) is 1.70. The first-order valence-electron chi connectivity index (χ1n) is 7.14. The quantitative estimate of drug-likeness (QED) is 0.897. The summed E-state index contributed by atoms with van der Waals surface area (Å²) in [4.78, 5) is 13.9. The predicted molar refractivity (Wildman–Crippen MR) is 79.4 cm³/mol. The van der Waals surface area contributed by atoms with E-state index in [-0.39, 0.29) is 29.4 Å². The van der Waals surface area contributed by atoms with Crippen molar-refractivity contribution in [1.29, 1.82) is 0 Å². The van der Waals surface area contributed by atoms with Gasteiger partial charge in [0, 0.05) is 22.8 Å². The van der Waals surface area contributed by atoms with Gasteiger partial charge in [-0.2, -0.15) is 0 Å². The van der Waals surface area contributed by atoms with Crippen molar-refractivity contribution in [3.8, 4) is 0 Å². The van der Waals surface area contributed by atoms with E-state index in [1.165, 1.54) is 0 Å². The third-order valence-corrected chi connectivity index (χ3v) is 6.20. The molecule has 0 aromatic carbocycles. The van der Waals surface area contributed by atoms with Crippen LogP contribution in [0, 0.1) is 11.3 Å². The van der Waals surface area contributed by atoms with Crippen LogP contribution in [0.2, 0.25) is 0 Å². The average molecular weight is 294 g/mol. The van der Waals surface area contributed by atoms with E-state index < -0.39 is 5.54 Å². The van der Waals surface area contributed by atoms with E-state index in [1.54, 1.807) is 11.3 Å². The maximum atomic E-state index is 12.7. The summed E-state index contributed by atoms with van der Waals surface area (Å²) in [5.41, 5.74) is 5.39. The monoisotopic (exact) mass is 294 g/mol. The summed E-state index contributed by atoms with van der Waals surface area (Å²) >= 11 is 1.65. The highest BCUT2D eigenvalue weighted by molar-refractivity contribution is 7.10. The first-order valence-corrected chi connectivity index (χ1v) is 8.02. The number of carbonyl (C=O) groups excluding carboxylic acids is 1. The van der Waals surface area contributed by atoms with Gasteiger partial charge in [0.15, 0.2) is 0 Å². The Labute approximate surface area is 123 Å². The number of hydrogen-bond acceptors (Lipinski definition) is 4. The number of hydrogen-bond donors (Lipinski definition) is 2. The lowest BCUT2D eigenvalue weighted by atomic mass is 9.48. The summed E-state index contributed by atoms with van der Waals surface area (Å²) in [7, 11) is 0. The predicted octanol–water partition coefficient (Wildman–Crippen LogP) is 2.07. The summed E-state index contributed by atoms with van der Waals surface area (Å²) in [6.45, 7) is 6.79. The van der Waals surface area contributed by atoms with E-state index >= 15 is 0 Å². The number of rotatable bonds is 3. The van der Waals surface area contributed by atoms with Crippen LogP contribution >= 0.6 is 11.3 Å². The van der Waals surface area contributed by atoms with Gasteiger partial charge in [0.05, 0.1) is 12.1 Å². The van der Waals surface area contributed by atoms with Crippen molar-refractivity contribution < 1.29 is 9.53 Å². The van der Waals surface area contributed by atoms with E-state index in [9.17, 15) is 4.79 Å². The zero-order valence-electron chi connectivity index (χ0n) is 12.2. The molecule has 2 aliphatic rings. The van der Waals surface area contributed by atoms with Gasteiger partial charge in [0.25, 0.3) is 0 Å². The molecule has 2 heterocycles. The summed E-state index contributed by atoms with van der Waals surface area (Å²) < 4.78 is 5.73. The molecule has 3 N–H and O–H groups in total. The normalized spacial score (nSPS) is 36.0. The maximum absolute atomic E-state index is 12.7. The molecule has 1 aliphatic heterocycles. The number of amides is 1. The zero-order valence-corrected chi connectivity index (χ0v) is 13.0. The highest BCUT2D eigenvalue weighted by Gasteiger charge is 2.71. The fourth-order valence-electron chi connectivity index (χ4n) is 3.77. The fourth-order valence-corrected chi connectivity index (χ4v) is 4.50. The lowest BCUT2D eigenvalue weighted by Crippen LogP contribution is -2.80. The second-order valence-corrected chi connectivity index (χ2v) is 7.47. The van der Waals surface area contributed by atoms with Crippen LogP contribution in [0.3, 0.4) is 0 Å². The lowest BCUT2D eigenvalue weighted by Gasteiger charge is -2.60. The minimum Gasteiger partial charge on any atom is -0.377 e. The Morgan fingerprint density at radius 2 is 2.35 bits per heavy atom. The average Bonchev–Trinajstić information content (AvgIpc) is 3.07. The van der Waals surface area contributed by atoms with Crippen LogP contribution in [0.4, 0.5) is 0 Å². The van der Waals surface area contributed by atoms with Crippen LogP contribution < -0.4 is 11.1 Å². The Kier molecular flexibility index (Phi) is 3.19. The van der Waals surface area contributed by atoms with Crippen molar-refractivity contribution in [2.75, 3.05) is 6.61 Å². The standard InChI is InChI=1S/C15H22N2O2S/c1-9(11-5-4-8-20-11)17-13(18)15(16)10-6-7-19-12(10)14(15,2)3/h4-5,8-10,12H,6-7,16H2,1-3H3,(H,17,18). The molecule has 4 nitrogen and oxygen atoms in total. The number of nitrogens with one attached hydrogen (secondary N) is 1. The molecule has 1 aromatic rings. The van der Waals surface area contributed by atoms with Crippen molar-refractivity contribution in [2.45, 2.75) is 44.9 Å². The smallest absolute Gasteiger partial charge is 0.241 e. The van der Waals surface area contributed by atoms with Gasteiger partial charge in [-0.15, -0.1) is 11.3 Å². The van der Waals surface area contributed by atoms with Gasteiger partial charge in [0.2, 0.25) is 5.91 Å². The second kappa shape index (κ2) is 4.55. The van der Waals surface area contributed by atoms with Crippen LogP contribution in [-0.4, -0.2) is 24.2 Å². The highest BCUT2D eigenvalue weighted by atomic mass is 32.1. The van der Waals surface area contributed by atoms with Gasteiger partial charge >= 0.3 is 0 Å². The summed E-state index contributed by atoms with van der Waals surface area (Å²) in [6, 6.07) is 4.03. The minimum atomic E-state index is -0.820. The van der Waals surface area contributed by atoms with Gasteiger partial charge in [0.1, 0.15) is 5.54 Å². The molecule has 3 rings (SSSR count). The summed E-state index contributed by atoms with van der Waals surface area (Å²) in [6.07, 6.45) is 1.00. The molecular formula is C15H22N2O2S. The van der Waals surface area contributed by atoms with Gasteiger partial charge in [-0.25, -0.2) is 0 Å². The topological polar surface area (TPSA) is 64.4 Å². The van der Waals surface area contributed by atoms with Gasteiger partial charge in [-0.05, 0) is 24.8 Å². The Morgan fingerprint density at radius 1 is 1.60 bits per heavy atom. The van der Waals surface area contributed by atoms with E-state index in [0.29, 0.717) is 6.61 Å². The molecule has 110 valence electrons. The van der Waals surface area contributed by atoms with E-state index in [1.807, 2.05) is 38.3 Å². The van der Waals surface area contributed by atoms with Gasteiger partial charge in [-0.1, -0.05) is 19.9 Å². The molecule has 0 spiro atoms. The second-order valence-electron chi connectivity index (χ2n) is 6.49. The van der Waals surface area contributed by atoms with Crippen LogP contribution in [0.5, 0.6) is 0 Å². The van der Waals surface area contributed by atoms with Crippen LogP contribution in [0.15, 0.2) is 17.5 Å². The molecule has 4 atom stereocenters. The van der Waals surface area contributed by atoms with Crippen LogP contribution in [0.25, 0.3) is 0 Å². The summed E-state index contributed by atoms with van der Waals surface area (Å²) in [5, 5.41) is 5.10.